The maximum absolute atomic E-state index is 3.47. The molecule has 1 aliphatic rings. The molecule has 0 aromatic heterocycles. The molecule has 1 nitrogen and oxygen atoms in total. The van der Waals surface area contributed by atoms with Crippen LogP contribution in [0.2, 0.25) is 0 Å². The summed E-state index contributed by atoms with van der Waals surface area (Å²) in [6, 6.07) is 10.4. The van der Waals surface area contributed by atoms with Crippen LogP contribution in [0.3, 0.4) is 0 Å². The van der Waals surface area contributed by atoms with E-state index in [1.165, 1.54) is 17.5 Å². The van der Waals surface area contributed by atoms with Crippen molar-refractivity contribution in [1.82, 2.24) is 5.32 Å². The molecule has 1 heterocycles. The quantitative estimate of drug-likeness (QED) is 0.701. The largest absolute Gasteiger partial charge is 0.304 e. The summed E-state index contributed by atoms with van der Waals surface area (Å²) in [6.07, 6.45) is 2.37. The number of aryl methyl sites for hydroxylation is 1. The van der Waals surface area contributed by atoms with E-state index in [0.717, 1.165) is 12.5 Å². The maximum Gasteiger partial charge on any atom is 0.0478 e. The van der Waals surface area contributed by atoms with Crippen LogP contribution >= 0.6 is 0 Å². The average Bonchev–Trinajstić information content (AvgIpc) is 2.97. The predicted molar refractivity (Wildman–Crippen MR) is 55.8 cm³/mol. The van der Waals surface area contributed by atoms with Crippen molar-refractivity contribution in [2.75, 3.05) is 0 Å². The molecule has 0 radical (unpaired) electrons. The highest BCUT2D eigenvalue weighted by Crippen LogP contribution is 2.31. The molecule has 0 saturated carbocycles. The van der Waals surface area contributed by atoms with Crippen molar-refractivity contribution in [3.63, 3.8) is 0 Å². The van der Waals surface area contributed by atoms with E-state index in [-0.39, 0.29) is 0 Å². The second-order valence-corrected chi connectivity index (χ2v) is 3.75. The van der Waals surface area contributed by atoms with Gasteiger partial charge in [0.2, 0.25) is 0 Å². The molecule has 1 N–H and O–H groups in total. The van der Waals surface area contributed by atoms with E-state index in [2.05, 4.69) is 43.4 Å². The summed E-state index contributed by atoms with van der Waals surface area (Å²) in [5.41, 5.74) is 2.88. The number of rotatable bonds is 3. The standard InChI is InChI=1S/C12H17N/c1-3-9-5-7-10(8-6-9)12-11(4-2)13-12/h5-8,11-13H,3-4H2,1-2H3. The average molecular weight is 175 g/mol. The van der Waals surface area contributed by atoms with Gasteiger partial charge in [0.15, 0.2) is 0 Å². The molecule has 1 saturated heterocycles. The number of hydrogen-bond acceptors (Lipinski definition) is 1. The van der Waals surface area contributed by atoms with Crippen LogP contribution in [-0.4, -0.2) is 6.04 Å². The minimum Gasteiger partial charge on any atom is -0.304 e. The first kappa shape index (κ1) is 8.76. The first-order valence-corrected chi connectivity index (χ1v) is 5.20. The molecular weight excluding hydrogens is 158 g/mol. The van der Waals surface area contributed by atoms with Crippen LogP contribution in [0.15, 0.2) is 24.3 Å². The lowest BCUT2D eigenvalue weighted by molar-refractivity contribution is 0.868. The van der Waals surface area contributed by atoms with Crippen molar-refractivity contribution in [3.05, 3.63) is 35.4 Å². The summed E-state index contributed by atoms with van der Waals surface area (Å²) in [4.78, 5) is 0. The molecule has 1 heteroatoms. The van der Waals surface area contributed by atoms with Crippen LogP contribution in [0, 0.1) is 0 Å². The van der Waals surface area contributed by atoms with E-state index >= 15 is 0 Å². The van der Waals surface area contributed by atoms with Crippen molar-refractivity contribution in [1.29, 1.82) is 0 Å². The Kier molecular flexibility index (Phi) is 2.36. The Morgan fingerprint density at radius 1 is 1.15 bits per heavy atom. The molecule has 2 rings (SSSR count). The highest BCUT2D eigenvalue weighted by Gasteiger charge is 2.35. The third kappa shape index (κ3) is 1.75. The van der Waals surface area contributed by atoms with E-state index in [9.17, 15) is 0 Å². The van der Waals surface area contributed by atoms with Gasteiger partial charge >= 0.3 is 0 Å². The molecule has 0 amide bonds. The fourth-order valence-electron chi connectivity index (χ4n) is 1.82. The summed E-state index contributed by atoms with van der Waals surface area (Å²) >= 11 is 0. The third-order valence-electron chi connectivity index (χ3n) is 2.87. The fraction of sp³-hybridized carbons (Fsp3) is 0.500. The Balaban J connectivity index is 2.07. The lowest BCUT2D eigenvalue weighted by Crippen LogP contribution is -1.87. The van der Waals surface area contributed by atoms with Crippen molar-refractivity contribution in [3.8, 4) is 0 Å². The molecule has 0 bridgehead atoms. The van der Waals surface area contributed by atoms with Gasteiger partial charge < -0.3 is 5.32 Å². The summed E-state index contributed by atoms with van der Waals surface area (Å²) in [5.74, 6) is 0. The summed E-state index contributed by atoms with van der Waals surface area (Å²) in [7, 11) is 0. The van der Waals surface area contributed by atoms with Crippen molar-refractivity contribution in [2.24, 2.45) is 0 Å². The van der Waals surface area contributed by atoms with Gasteiger partial charge in [-0.05, 0) is 24.0 Å². The lowest BCUT2D eigenvalue weighted by atomic mass is 10.1. The Morgan fingerprint density at radius 3 is 2.31 bits per heavy atom. The van der Waals surface area contributed by atoms with Gasteiger partial charge in [0.05, 0.1) is 0 Å². The van der Waals surface area contributed by atoms with Gasteiger partial charge in [0.1, 0.15) is 0 Å². The molecule has 1 fully saturated rings. The Bertz CT molecular complexity index is 276. The zero-order valence-electron chi connectivity index (χ0n) is 8.38. The molecule has 0 aliphatic carbocycles. The monoisotopic (exact) mass is 175 g/mol. The molecule has 1 aromatic carbocycles. The van der Waals surface area contributed by atoms with Crippen LogP contribution in [0.4, 0.5) is 0 Å². The van der Waals surface area contributed by atoms with Gasteiger partial charge in [-0.25, -0.2) is 0 Å². The minimum absolute atomic E-state index is 0.635. The Hall–Kier alpha value is -0.820. The zero-order chi connectivity index (χ0) is 9.26. The molecule has 13 heavy (non-hydrogen) atoms. The van der Waals surface area contributed by atoms with Crippen LogP contribution in [-0.2, 0) is 6.42 Å². The van der Waals surface area contributed by atoms with E-state index < -0.39 is 0 Å². The molecule has 2 atom stereocenters. The van der Waals surface area contributed by atoms with E-state index in [1.807, 2.05) is 0 Å². The third-order valence-corrected chi connectivity index (χ3v) is 2.87. The van der Waals surface area contributed by atoms with E-state index in [0.29, 0.717) is 6.04 Å². The van der Waals surface area contributed by atoms with Crippen LogP contribution in [0.1, 0.15) is 37.4 Å². The lowest BCUT2D eigenvalue weighted by Gasteiger charge is -1.99. The first-order valence-electron chi connectivity index (χ1n) is 5.20. The highest BCUT2D eigenvalue weighted by atomic mass is 15.1. The SMILES string of the molecule is CCc1ccc(C2NC2CC)cc1. The molecule has 1 aliphatic heterocycles. The van der Waals surface area contributed by atoms with Crippen LogP contribution < -0.4 is 5.32 Å². The normalized spacial score (nSPS) is 26.0. The van der Waals surface area contributed by atoms with Gasteiger partial charge in [0, 0.05) is 12.1 Å². The maximum atomic E-state index is 3.47. The van der Waals surface area contributed by atoms with E-state index in [4.69, 9.17) is 0 Å². The topological polar surface area (TPSA) is 21.9 Å². The molecular formula is C12H17N. The van der Waals surface area contributed by atoms with E-state index in [1.54, 1.807) is 0 Å². The van der Waals surface area contributed by atoms with Gasteiger partial charge in [-0.1, -0.05) is 38.1 Å². The van der Waals surface area contributed by atoms with Crippen LogP contribution in [0.5, 0.6) is 0 Å². The minimum atomic E-state index is 0.635. The zero-order valence-corrected chi connectivity index (χ0v) is 8.38. The molecule has 0 spiro atoms. The molecule has 70 valence electrons. The number of hydrogen-bond donors (Lipinski definition) is 1. The van der Waals surface area contributed by atoms with Crippen LogP contribution in [0.25, 0.3) is 0 Å². The summed E-state index contributed by atoms with van der Waals surface area (Å²) < 4.78 is 0. The first-order chi connectivity index (χ1) is 6.35. The molecule has 2 unspecified atom stereocenters. The molecule has 1 aromatic rings. The van der Waals surface area contributed by atoms with Gasteiger partial charge in [0.25, 0.3) is 0 Å². The van der Waals surface area contributed by atoms with Gasteiger partial charge in [-0.3, -0.25) is 0 Å². The predicted octanol–water partition coefficient (Wildman–Crippen LogP) is 2.67. The highest BCUT2D eigenvalue weighted by molar-refractivity contribution is 5.29. The smallest absolute Gasteiger partial charge is 0.0478 e. The van der Waals surface area contributed by atoms with Crippen molar-refractivity contribution < 1.29 is 0 Å². The summed E-state index contributed by atoms with van der Waals surface area (Å²) in [6.45, 7) is 4.43. The fourth-order valence-corrected chi connectivity index (χ4v) is 1.82. The van der Waals surface area contributed by atoms with Crippen molar-refractivity contribution >= 4 is 0 Å². The number of nitrogens with one attached hydrogen (secondary N) is 1. The Labute approximate surface area is 80.2 Å². The van der Waals surface area contributed by atoms with Crippen molar-refractivity contribution in [2.45, 2.75) is 38.8 Å². The second kappa shape index (κ2) is 3.51. The van der Waals surface area contributed by atoms with Gasteiger partial charge in [-0.2, -0.15) is 0 Å². The summed E-state index contributed by atoms with van der Waals surface area (Å²) in [5, 5.41) is 3.47. The Morgan fingerprint density at radius 2 is 1.85 bits per heavy atom. The second-order valence-electron chi connectivity index (χ2n) is 3.75. The number of benzene rings is 1. The van der Waals surface area contributed by atoms with Gasteiger partial charge in [-0.15, -0.1) is 0 Å².